The van der Waals surface area contributed by atoms with Crippen molar-refractivity contribution in [3.05, 3.63) is 44.4 Å². The molecule has 0 aromatic heterocycles. The second kappa shape index (κ2) is 7.88. The molecule has 0 spiro atoms. The van der Waals surface area contributed by atoms with Crippen LogP contribution in [-0.4, -0.2) is 0 Å². The number of hydrogen-bond acceptors (Lipinski definition) is 0. The summed E-state index contributed by atoms with van der Waals surface area (Å²) >= 11 is 0.167. The van der Waals surface area contributed by atoms with Gasteiger partial charge in [0.25, 0.3) is 0 Å². The van der Waals surface area contributed by atoms with E-state index in [1.807, 2.05) is 0 Å². The molecule has 0 saturated heterocycles. The van der Waals surface area contributed by atoms with Crippen molar-refractivity contribution >= 4 is 0 Å². The van der Waals surface area contributed by atoms with E-state index >= 15 is 0 Å². The van der Waals surface area contributed by atoms with Gasteiger partial charge in [-0.25, -0.2) is 0 Å². The third kappa shape index (κ3) is 5.21. The molecule has 0 radical (unpaired) electrons. The molecule has 96 valence electrons. The van der Waals surface area contributed by atoms with Gasteiger partial charge in [-0.15, -0.1) is 0 Å². The maximum atomic E-state index is 2.53. The molecule has 0 aromatic carbocycles. The quantitative estimate of drug-likeness (QED) is 0.557. The van der Waals surface area contributed by atoms with Crippen LogP contribution in [0.2, 0.25) is 0 Å². The van der Waals surface area contributed by atoms with E-state index < -0.39 is 0 Å². The predicted molar refractivity (Wildman–Crippen MR) is 71.4 cm³/mol. The summed E-state index contributed by atoms with van der Waals surface area (Å²) in [5, 5.41) is 0. The van der Waals surface area contributed by atoms with Gasteiger partial charge in [-0.2, -0.15) is 0 Å². The molecule has 2 rings (SSSR count). The molecule has 1 heteroatoms. The second-order valence-electron chi connectivity index (χ2n) is 4.48. The Bertz CT molecular complexity index is 311. The molecule has 0 aromatic rings. The summed E-state index contributed by atoms with van der Waals surface area (Å²) in [5.74, 6) is 0. The molecular weight excluding hydrogens is 387 g/mol. The van der Waals surface area contributed by atoms with Crippen molar-refractivity contribution in [2.45, 2.75) is 51.4 Å². The van der Waals surface area contributed by atoms with E-state index in [1.165, 1.54) is 51.4 Å². The molecule has 0 heterocycles. The molecule has 0 saturated carbocycles. The van der Waals surface area contributed by atoms with Crippen molar-refractivity contribution in [2.24, 2.45) is 0 Å². The van der Waals surface area contributed by atoms with E-state index in [-0.39, 0.29) is 18.6 Å². The van der Waals surface area contributed by atoms with Crippen LogP contribution >= 0.6 is 0 Å². The molecule has 2 aliphatic rings. The molecule has 0 N–H and O–H groups in total. The zero-order valence-electron chi connectivity index (χ0n) is 10.4. The SMILES string of the molecule is C1=CCC[C]([Pt][C]2=CCCC=CCC2)=CCC1. The van der Waals surface area contributed by atoms with E-state index in [2.05, 4.69) is 36.5 Å². The average Bonchev–Trinajstić information content (AvgIpc) is 2.24. The first-order valence-electron chi connectivity index (χ1n) is 6.72. The summed E-state index contributed by atoms with van der Waals surface area (Å²) in [7, 11) is 0. The Morgan fingerprint density at radius 2 is 1.06 bits per heavy atom. The molecule has 0 bridgehead atoms. The van der Waals surface area contributed by atoms with Gasteiger partial charge in [0.1, 0.15) is 0 Å². The Hall–Kier alpha value is -0.352. The van der Waals surface area contributed by atoms with Crippen molar-refractivity contribution in [2.75, 3.05) is 0 Å². The van der Waals surface area contributed by atoms with Gasteiger partial charge in [-0.1, -0.05) is 0 Å². The first kappa shape index (κ1) is 13.1. The van der Waals surface area contributed by atoms with Gasteiger partial charge in [-0.3, -0.25) is 0 Å². The van der Waals surface area contributed by atoms with Gasteiger partial charge in [0.15, 0.2) is 0 Å². The minimum absolute atomic E-state index is 0.167. The zero-order valence-corrected chi connectivity index (χ0v) is 12.7. The van der Waals surface area contributed by atoms with Crippen LogP contribution in [0, 0.1) is 0 Å². The summed E-state index contributed by atoms with van der Waals surface area (Å²) in [6.07, 6.45) is 24.7. The Balaban J connectivity index is 1.89. The van der Waals surface area contributed by atoms with E-state index in [0.29, 0.717) is 0 Å². The van der Waals surface area contributed by atoms with Crippen LogP contribution in [0.25, 0.3) is 0 Å². The van der Waals surface area contributed by atoms with E-state index in [4.69, 9.17) is 0 Å². The minimum atomic E-state index is 0.167. The van der Waals surface area contributed by atoms with Crippen molar-refractivity contribution in [3.63, 3.8) is 0 Å². The molecule has 17 heavy (non-hydrogen) atoms. The third-order valence-electron chi connectivity index (χ3n) is 2.98. The Labute approximate surface area is 114 Å². The van der Waals surface area contributed by atoms with Crippen LogP contribution in [0.1, 0.15) is 51.4 Å². The first-order chi connectivity index (χ1) is 8.45. The number of allylic oxidation sites excluding steroid dienone is 8. The van der Waals surface area contributed by atoms with Gasteiger partial charge in [0, 0.05) is 0 Å². The summed E-state index contributed by atoms with van der Waals surface area (Å²) < 4.78 is 3.57. The second-order valence-corrected chi connectivity index (χ2v) is 7.96. The fourth-order valence-corrected chi connectivity index (χ4v) is 5.31. The van der Waals surface area contributed by atoms with Gasteiger partial charge in [0.2, 0.25) is 0 Å². The Kier molecular flexibility index (Phi) is 6.06. The first-order valence-corrected chi connectivity index (χ1v) is 8.99. The summed E-state index contributed by atoms with van der Waals surface area (Å²) in [5.41, 5.74) is 0. The fraction of sp³-hybridized carbons (Fsp3) is 0.500. The van der Waals surface area contributed by atoms with Gasteiger partial charge in [0.05, 0.1) is 0 Å². The van der Waals surface area contributed by atoms with Crippen LogP contribution in [0.15, 0.2) is 44.4 Å². The average molecular weight is 409 g/mol. The maximum absolute atomic E-state index is 2.53. The fourth-order valence-electron chi connectivity index (χ4n) is 2.03. The molecule has 0 amide bonds. The molecule has 0 unspecified atom stereocenters. The van der Waals surface area contributed by atoms with E-state index in [9.17, 15) is 0 Å². The summed E-state index contributed by atoms with van der Waals surface area (Å²) in [6.45, 7) is 0. The normalized spacial score (nSPS) is 22.1. The van der Waals surface area contributed by atoms with Crippen LogP contribution in [0.3, 0.4) is 0 Å². The van der Waals surface area contributed by atoms with Crippen LogP contribution in [0.4, 0.5) is 0 Å². The molecule has 0 atom stereocenters. The van der Waals surface area contributed by atoms with Crippen LogP contribution in [-0.2, 0) is 18.6 Å². The number of rotatable bonds is 2. The third-order valence-corrected chi connectivity index (χ3v) is 6.50. The molecular formula is C16H22Pt. The Morgan fingerprint density at radius 3 is 1.59 bits per heavy atom. The van der Waals surface area contributed by atoms with Crippen molar-refractivity contribution in [1.82, 2.24) is 0 Å². The van der Waals surface area contributed by atoms with Gasteiger partial charge >= 0.3 is 114 Å². The topological polar surface area (TPSA) is 0 Å². The summed E-state index contributed by atoms with van der Waals surface area (Å²) in [6, 6.07) is 0. The predicted octanol–water partition coefficient (Wildman–Crippen LogP) is 5.10. The summed E-state index contributed by atoms with van der Waals surface area (Å²) in [4.78, 5) is 0. The van der Waals surface area contributed by atoms with Gasteiger partial charge < -0.3 is 0 Å². The van der Waals surface area contributed by atoms with Gasteiger partial charge in [-0.05, 0) is 0 Å². The van der Waals surface area contributed by atoms with E-state index in [1.54, 1.807) is 7.93 Å². The van der Waals surface area contributed by atoms with Crippen molar-refractivity contribution < 1.29 is 18.6 Å². The molecule has 0 aliphatic heterocycles. The van der Waals surface area contributed by atoms with Crippen LogP contribution < -0.4 is 0 Å². The molecule has 0 fully saturated rings. The van der Waals surface area contributed by atoms with E-state index in [0.717, 1.165) is 0 Å². The molecule has 0 nitrogen and oxygen atoms in total. The van der Waals surface area contributed by atoms with Crippen LogP contribution in [0.5, 0.6) is 0 Å². The standard InChI is InChI=1S/2C8H11.Pt/c2*1-2-4-6-8-7-5-3-1;/h2*1-2,7H,3-6H2;. The van der Waals surface area contributed by atoms with Crippen molar-refractivity contribution in [3.8, 4) is 0 Å². The monoisotopic (exact) mass is 409 g/mol. The Morgan fingerprint density at radius 1 is 0.588 bits per heavy atom. The zero-order chi connectivity index (χ0) is 11.8. The van der Waals surface area contributed by atoms with Crippen molar-refractivity contribution in [1.29, 1.82) is 0 Å². The number of hydrogen-bond donors (Lipinski definition) is 0. The molecule has 2 aliphatic carbocycles.